The zero-order chi connectivity index (χ0) is 15.0. The zero-order valence-electron chi connectivity index (χ0n) is 11.3. The van der Waals surface area contributed by atoms with Crippen LogP contribution in [0.15, 0.2) is 3.92 Å². The number of anilines is 1. The van der Waals surface area contributed by atoms with Gasteiger partial charge in [-0.15, -0.1) is 21.8 Å². The first-order chi connectivity index (χ1) is 10.1. The summed E-state index contributed by atoms with van der Waals surface area (Å²) in [6, 6.07) is 0.0915. The highest BCUT2D eigenvalue weighted by Gasteiger charge is 2.46. The lowest BCUT2D eigenvalue weighted by Crippen LogP contribution is -2.54. The van der Waals surface area contributed by atoms with Crippen molar-refractivity contribution in [3.8, 4) is 0 Å². The number of piperidine rings is 1. The van der Waals surface area contributed by atoms with Gasteiger partial charge >= 0.3 is 6.09 Å². The van der Waals surface area contributed by atoms with Crippen LogP contribution in [0.4, 0.5) is 9.93 Å². The van der Waals surface area contributed by atoms with Gasteiger partial charge in [-0.2, -0.15) is 0 Å². The van der Waals surface area contributed by atoms with E-state index in [2.05, 4.69) is 31.0 Å². The smallest absolute Gasteiger partial charge is 0.407 e. The molecule has 1 N–H and O–H groups in total. The summed E-state index contributed by atoms with van der Waals surface area (Å²) in [5.41, 5.74) is 0. The van der Waals surface area contributed by atoms with Crippen LogP contribution in [0.1, 0.15) is 12.8 Å². The van der Waals surface area contributed by atoms with Gasteiger partial charge < -0.3 is 14.9 Å². The van der Waals surface area contributed by atoms with Crippen LogP contribution >= 0.6 is 38.9 Å². The van der Waals surface area contributed by atoms with E-state index >= 15 is 0 Å². The van der Waals surface area contributed by atoms with Gasteiger partial charge in [-0.25, -0.2) is 4.79 Å². The molecule has 0 radical (unpaired) electrons. The predicted octanol–water partition coefficient (Wildman–Crippen LogP) is 2.73. The molecule has 116 valence electrons. The first-order valence-corrected chi connectivity index (χ1v) is 9.04. The number of amides is 1. The summed E-state index contributed by atoms with van der Waals surface area (Å²) in [6.07, 6.45) is 1.28. The molecule has 1 saturated carbocycles. The molecule has 1 aromatic heterocycles. The lowest BCUT2D eigenvalue weighted by atomic mass is 9.91. The van der Waals surface area contributed by atoms with Crippen LogP contribution in [-0.2, 0) is 0 Å². The lowest BCUT2D eigenvalue weighted by molar-refractivity contribution is 0.0942. The standard InChI is InChI=1S/C12H16BrClN4O2S/c13-10-15-16-11(21-10)17-5-7-1-2-8(6-17)9(7)18(4-3-14)12(19)20/h7-9H,1-6H2,(H,19,20)/t7-,8+,9+. The normalized spacial score (nSPS) is 27.9. The quantitative estimate of drug-likeness (QED) is 0.794. The number of alkyl halides is 1. The van der Waals surface area contributed by atoms with Crippen molar-refractivity contribution in [2.24, 2.45) is 11.8 Å². The van der Waals surface area contributed by atoms with E-state index in [4.69, 9.17) is 11.6 Å². The second kappa shape index (κ2) is 6.26. The van der Waals surface area contributed by atoms with Gasteiger partial charge in [0.05, 0.1) is 0 Å². The molecule has 0 spiro atoms. The maximum absolute atomic E-state index is 11.5. The number of carbonyl (C=O) groups is 1. The summed E-state index contributed by atoms with van der Waals surface area (Å²) in [4.78, 5) is 15.3. The maximum Gasteiger partial charge on any atom is 0.407 e. The largest absolute Gasteiger partial charge is 0.465 e. The Labute approximate surface area is 140 Å². The number of hydrogen-bond acceptors (Lipinski definition) is 5. The second-order valence-electron chi connectivity index (χ2n) is 5.50. The number of rotatable bonds is 4. The molecule has 3 atom stereocenters. The van der Waals surface area contributed by atoms with Gasteiger partial charge in [0.15, 0.2) is 3.92 Å². The summed E-state index contributed by atoms with van der Waals surface area (Å²) in [5.74, 6) is 1.05. The molecule has 2 fully saturated rings. The molecule has 3 rings (SSSR count). The Bertz CT molecular complexity index is 517. The lowest BCUT2D eigenvalue weighted by Gasteiger charge is -2.42. The molecule has 9 heteroatoms. The molecule has 2 aliphatic rings. The molecule has 0 aromatic carbocycles. The van der Waals surface area contributed by atoms with Crippen molar-refractivity contribution in [3.63, 3.8) is 0 Å². The number of hydrogen-bond donors (Lipinski definition) is 1. The van der Waals surface area contributed by atoms with E-state index < -0.39 is 6.09 Å². The first-order valence-electron chi connectivity index (χ1n) is 6.89. The Hall–Kier alpha value is -0.600. The maximum atomic E-state index is 11.5. The molecule has 6 nitrogen and oxygen atoms in total. The minimum atomic E-state index is -0.857. The molecule has 1 aliphatic carbocycles. The van der Waals surface area contributed by atoms with Crippen molar-refractivity contribution >= 4 is 50.1 Å². The van der Waals surface area contributed by atoms with E-state index in [1.165, 1.54) is 11.3 Å². The third-order valence-electron chi connectivity index (χ3n) is 4.38. The summed E-state index contributed by atoms with van der Waals surface area (Å²) in [5, 5.41) is 18.5. The van der Waals surface area contributed by atoms with E-state index in [1.54, 1.807) is 4.90 Å². The summed E-state index contributed by atoms with van der Waals surface area (Å²) in [7, 11) is 0. The Balaban J connectivity index is 1.76. The Morgan fingerprint density at radius 3 is 2.57 bits per heavy atom. The molecular weight excluding hydrogens is 380 g/mol. The number of halogens is 2. The Kier molecular flexibility index (Phi) is 4.56. The van der Waals surface area contributed by atoms with Gasteiger partial charge in [0.1, 0.15) is 0 Å². The fourth-order valence-electron chi connectivity index (χ4n) is 3.65. The molecule has 2 bridgehead atoms. The first kappa shape index (κ1) is 15.3. The van der Waals surface area contributed by atoms with E-state index in [9.17, 15) is 9.90 Å². The fourth-order valence-corrected chi connectivity index (χ4v) is 4.94. The Morgan fingerprint density at radius 1 is 1.43 bits per heavy atom. The fraction of sp³-hybridized carbons (Fsp3) is 0.750. The van der Waals surface area contributed by atoms with Gasteiger partial charge in [-0.05, 0) is 40.6 Å². The van der Waals surface area contributed by atoms with Gasteiger partial charge in [-0.3, -0.25) is 0 Å². The molecule has 1 aromatic rings. The van der Waals surface area contributed by atoms with Crippen LogP contribution < -0.4 is 4.90 Å². The highest BCUT2D eigenvalue weighted by molar-refractivity contribution is 9.11. The SMILES string of the molecule is O=C(O)N(CCCl)[C@H]1[C@@H]2CC[C@H]1CN(c1nnc(Br)s1)C2. The van der Waals surface area contributed by atoms with Gasteiger partial charge in [0, 0.05) is 31.6 Å². The van der Waals surface area contributed by atoms with Crippen molar-refractivity contribution in [3.05, 3.63) is 3.92 Å². The van der Waals surface area contributed by atoms with Crippen LogP contribution in [0.3, 0.4) is 0 Å². The number of fused-ring (bicyclic) bond motifs is 2. The van der Waals surface area contributed by atoms with Crippen LogP contribution in [-0.4, -0.2) is 57.9 Å². The van der Waals surface area contributed by atoms with Crippen LogP contribution in [0.25, 0.3) is 0 Å². The van der Waals surface area contributed by atoms with Crippen molar-refractivity contribution in [2.45, 2.75) is 18.9 Å². The molecule has 1 aliphatic heterocycles. The molecule has 21 heavy (non-hydrogen) atoms. The highest BCUT2D eigenvalue weighted by atomic mass is 79.9. The molecular formula is C12H16BrClN4O2S. The van der Waals surface area contributed by atoms with Crippen LogP contribution in [0.5, 0.6) is 0 Å². The third-order valence-corrected chi connectivity index (χ3v) is 5.96. The van der Waals surface area contributed by atoms with Crippen molar-refractivity contribution in [2.75, 3.05) is 30.4 Å². The summed E-state index contributed by atoms with van der Waals surface area (Å²) >= 11 is 10.6. The van der Waals surface area contributed by atoms with E-state index in [1.807, 2.05) is 0 Å². The van der Waals surface area contributed by atoms with E-state index in [0.717, 1.165) is 35.0 Å². The number of nitrogens with zero attached hydrogens (tertiary/aromatic N) is 4. The molecule has 1 amide bonds. The monoisotopic (exact) mass is 394 g/mol. The Morgan fingerprint density at radius 2 is 2.10 bits per heavy atom. The van der Waals surface area contributed by atoms with E-state index in [-0.39, 0.29) is 6.04 Å². The minimum Gasteiger partial charge on any atom is -0.465 e. The van der Waals surface area contributed by atoms with Gasteiger partial charge in [-0.1, -0.05) is 11.3 Å². The molecule has 1 saturated heterocycles. The molecule has 0 unspecified atom stereocenters. The zero-order valence-corrected chi connectivity index (χ0v) is 14.4. The van der Waals surface area contributed by atoms with Crippen LogP contribution in [0, 0.1) is 11.8 Å². The number of carboxylic acid groups (broad SMARTS) is 1. The summed E-state index contributed by atoms with van der Waals surface area (Å²) in [6.45, 7) is 2.09. The van der Waals surface area contributed by atoms with Crippen molar-refractivity contribution < 1.29 is 9.90 Å². The molecule has 2 heterocycles. The third kappa shape index (κ3) is 2.98. The predicted molar refractivity (Wildman–Crippen MR) is 85.3 cm³/mol. The van der Waals surface area contributed by atoms with E-state index in [0.29, 0.717) is 24.3 Å². The van der Waals surface area contributed by atoms with Crippen molar-refractivity contribution in [1.29, 1.82) is 0 Å². The van der Waals surface area contributed by atoms with Crippen molar-refractivity contribution in [1.82, 2.24) is 15.1 Å². The van der Waals surface area contributed by atoms with Crippen LogP contribution in [0.2, 0.25) is 0 Å². The number of aromatic nitrogens is 2. The average Bonchev–Trinajstić information content (AvgIpc) is 2.97. The topological polar surface area (TPSA) is 69.6 Å². The average molecular weight is 396 g/mol. The minimum absolute atomic E-state index is 0.0915. The summed E-state index contributed by atoms with van der Waals surface area (Å²) < 4.78 is 0.779. The highest BCUT2D eigenvalue weighted by Crippen LogP contribution is 2.42. The second-order valence-corrected chi connectivity index (χ2v) is 8.11. The van der Waals surface area contributed by atoms with Gasteiger partial charge in [0.25, 0.3) is 0 Å². The van der Waals surface area contributed by atoms with Gasteiger partial charge in [0.2, 0.25) is 5.13 Å².